The zero-order valence-electron chi connectivity index (χ0n) is 19.3. The van der Waals surface area contributed by atoms with Gasteiger partial charge in [-0.15, -0.1) is 0 Å². The molecule has 1 heterocycles. The Labute approximate surface area is 193 Å². The quantitative estimate of drug-likeness (QED) is 0.542. The van der Waals surface area contributed by atoms with Crippen molar-refractivity contribution in [2.45, 2.75) is 31.2 Å². The molecule has 1 fully saturated rings. The Morgan fingerprint density at radius 2 is 1.82 bits per heavy atom. The smallest absolute Gasteiger partial charge is 0.241 e. The fourth-order valence-corrected chi connectivity index (χ4v) is 4.21. The fourth-order valence-electron chi connectivity index (χ4n) is 4.21. The third-order valence-electron chi connectivity index (χ3n) is 6.34. The van der Waals surface area contributed by atoms with Crippen molar-refractivity contribution in [3.63, 3.8) is 0 Å². The summed E-state index contributed by atoms with van der Waals surface area (Å²) in [6, 6.07) is 12.8. The Bertz CT molecular complexity index is 1030. The molecule has 0 bridgehead atoms. The second-order valence-corrected chi connectivity index (χ2v) is 8.21. The van der Waals surface area contributed by atoms with Crippen LogP contribution < -0.4 is 4.74 Å². The Morgan fingerprint density at radius 1 is 1.15 bits per heavy atom. The number of imide groups is 1. The van der Waals surface area contributed by atoms with Crippen LogP contribution in [0, 0.1) is 5.82 Å². The lowest BCUT2D eigenvalue weighted by atomic mass is 9.75. The maximum Gasteiger partial charge on any atom is 0.241 e. The van der Waals surface area contributed by atoms with Crippen LogP contribution >= 0.6 is 0 Å². The van der Waals surface area contributed by atoms with Gasteiger partial charge < -0.3 is 14.4 Å². The van der Waals surface area contributed by atoms with Gasteiger partial charge in [-0.05, 0) is 30.7 Å². The van der Waals surface area contributed by atoms with E-state index in [0.717, 1.165) is 10.5 Å². The van der Waals surface area contributed by atoms with Crippen molar-refractivity contribution >= 4 is 17.7 Å². The number of nitrogens with zero attached hydrogens (tertiary/aromatic N) is 2. The number of methoxy groups -OCH3 is 2. The minimum atomic E-state index is -1.60. The molecule has 8 heteroatoms. The molecule has 2 atom stereocenters. The largest absolute Gasteiger partial charge is 0.497 e. The van der Waals surface area contributed by atoms with E-state index in [1.54, 1.807) is 32.4 Å². The second-order valence-electron chi connectivity index (χ2n) is 8.21. The van der Waals surface area contributed by atoms with E-state index in [1.165, 1.54) is 30.2 Å². The fraction of sp³-hybridized carbons (Fsp3) is 0.400. The first-order valence-corrected chi connectivity index (χ1v) is 10.7. The van der Waals surface area contributed by atoms with Crippen LogP contribution in [0.4, 0.5) is 4.39 Å². The van der Waals surface area contributed by atoms with Gasteiger partial charge in [0.05, 0.1) is 31.7 Å². The number of amides is 3. The molecule has 0 N–H and O–H groups in total. The first-order chi connectivity index (χ1) is 15.7. The molecule has 0 aliphatic carbocycles. The summed E-state index contributed by atoms with van der Waals surface area (Å²) in [5, 5.41) is 0. The predicted molar refractivity (Wildman–Crippen MR) is 120 cm³/mol. The molecule has 33 heavy (non-hydrogen) atoms. The number of likely N-dealkylation sites (tertiary alicyclic amines) is 1. The predicted octanol–water partition coefficient (Wildman–Crippen LogP) is 3.09. The topological polar surface area (TPSA) is 76.2 Å². The molecule has 2 aromatic carbocycles. The van der Waals surface area contributed by atoms with E-state index in [4.69, 9.17) is 9.47 Å². The van der Waals surface area contributed by atoms with Crippen LogP contribution in [-0.4, -0.2) is 61.9 Å². The first kappa shape index (κ1) is 24.4. The molecule has 3 rings (SSSR count). The first-order valence-electron chi connectivity index (χ1n) is 10.7. The van der Waals surface area contributed by atoms with Gasteiger partial charge in [0.1, 0.15) is 11.6 Å². The number of hydrogen-bond donors (Lipinski definition) is 0. The summed E-state index contributed by atoms with van der Waals surface area (Å²) >= 11 is 0. The van der Waals surface area contributed by atoms with Crippen molar-refractivity contribution in [2.24, 2.45) is 0 Å². The summed E-state index contributed by atoms with van der Waals surface area (Å²) in [4.78, 5) is 42.2. The molecular formula is C25H29FN2O5. The summed E-state index contributed by atoms with van der Waals surface area (Å²) < 4.78 is 25.1. The molecule has 1 saturated heterocycles. The highest BCUT2D eigenvalue weighted by atomic mass is 19.1. The van der Waals surface area contributed by atoms with E-state index in [2.05, 4.69) is 0 Å². The molecule has 0 saturated carbocycles. The third kappa shape index (κ3) is 4.75. The summed E-state index contributed by atoms with van der Waals surface area (Å²) in [5.74, 6) is -1.31. The Kier molecular flexibility index (Phi) is 7.48. The van der Waals surface area contributed by atoms with Crippen LogP contribution in [0.1, 0.15) is 36.9 Å². The van der Waals surface area contributed by atoms with Crippen LogP contribution in [0.3, 0.4) is 0 Å². The normalized spacial score (nSPS) is 19.0. The number of carbonyl (C=O) groups is 3. The summed E-state index contributed by atoms with van der Waals surface area (Å²) in [7, 11) is 4.68. The molecule has 0 spiro atoms. The number of benzene rings is 2. The highest BCUT2D eigenvalue weighted by Gasteiger charge is 2.55. The summed E-state index contributed by atoms with van der Waals surface area (Å²) in [6.07, 6.45) is -0.591. The zero-order chi connectivity index (χ0) is 24.2. The monoisotopic (exact) mass is 456 g/mol. The Hall–Kier alpha value is -3.26. The number of hydrogen-bond acceptors (Lipinski definition) is 5. The van der Waals surface area contributed by atoms with E-state index < -0.39 is 23.0 Å². The van der Waals surface area contributed by atoms with Crippen LogP contribution in [0.5, 0.6) is 5.75 Å². The van der Waals surface area contributed by atoms with Crippen LogP contribution in [0.2, 0.25) is 0 Å². The summed E-state index contributed by atoms with van der Waals surface area (Å²) in [5.41, 5.74) is -0.662. The van der Waals surface area contributed by atoms with Crippen LogP contribution in [0.25, 0.3) is 0 Å². The van der Waals surface area contributed by atoms with Gasteiger partial charge in [-0.3, -0.25) is 19.3 Å². The highest BCUT2D eigenvalue weighted by molar-refractivity contribution is 6.10. The molecule has 2 unspecified atom stereocenters. The minimum absolute atomic E-state index is 0.0522. The lowest BCUT2D eigenvalue weighted by molar-refractivity contribution is -0.143. The number of carbonyl (C=O) groups excluding carboxylic acids is 3. The van der Waals surface area contributed by atoms with Crippen molar-refractivity contribution in [1.29, 1.82) is 0 Å². The van der Waals surface area contributed by atoms with Crippen molar-refractivity contribution in [3.8, 4) is 5.75 Å². The standard InChI is InChI=1S/C25H29FN2O5/c1-17(18-9-11-19(33-4)12-10-18)27(2)22(29)15-25(20-7-5-6-8-21(20)26)16-23(30)28(24(25)31)13-14-32-3/h5-12,17H,13-16H2,1-4H3. The van der Waals surface area contributed by atoms with Gasteiger partial charge in [0, 0.05) is 32.6 Å². The van der Waals surface area contributed by atoms with E-state index in [1.807, 2.05) is 19.1 Å². The van der Waals surface area contributed by atoms with E-state index >= 15 is 0 Å². The molecule has 2 aromatic rings. The van der Waals surface area contributed by atoms with E-state index in [9.17, 15) is 18.8 Å². The van der Waals surface area contributed by atoms with Crippen molar-refractivity contribution in [2.75, 3.05) is 34.4 Å². The summed E-state index contributed by atoms with van der Waals surface area (Å²) in [6.45, 7) is 2.08. The van der Waals surface area contributed by atoms with Gasteiger partial charge in [-0.2, -0.15) is 0 Å². The molecule has 1 aliphatic heterocycles. The molecular weight excluding hydrogens is 427 g/mol. The average Bonchev–Trinajstić information content (AvgIpc) is 3.06. The van der Waals surface area contributed by atoms with Gasteiger partial charge in [0.2, 0.25) is 17.7 Å². The van der Waals surface area contributed by atoms with Gasteiger partial charge in [-0.1, -0.05) is 30.3 Å². The molecule has 0 radical (unpaired) electrons. The van der Waals surface area contributed by atoms with Crippen LogP contribution in [0.15, 0.2) is 48.5 Å². The lowest BCUT2D eigenvalue weighted by Crippen LogP contribution is -2.44. The number of ether oxygens (including phenoxy) is 2. The van der Waals surface area contributed by atoms with Gasteiger partial charge in [0.25, 0.3) is 0 Å². The highest BCUT2D eigenvalue weighted by Crippen LogP contribution is 2.41. The molecule has 1 aliphatic rings. The van der Waals surface area contributed by atoms with Gasteiger partial charge in [-0.25, -0.2) is 4.39 Å². The SMILES string of the molecule is COCCN1C(=O)CC(CC(=O)N(C)C(C)c2ccc(OC)cc2)(c2ccccc2F)C1=O. The Balaban J connectivity index is 1.92. The van der Waals surface area contributed by atoms with Crippen molar-refractivity contribution < 1.29 is 28.2 Å². The lowest BCUT2D eigenvalue weighted by Gasteiger charge is -2.32. The minimum Gasteiger partial charge on any atom is -0.497 e. The third-order valence-corrected chi connectivity index (χ3v) is 6.34. The molecule has 176 valence electrons. The molecule has 7 nitrogen and oxygen atoms in total. The number of rotatable bonds is 9. The maximum atomic E-state index is 14.9. The van der Waals surface area contributed by atoms with Crippen molar-refractivity contribution in [3.05, 3.63) is 65.5 Å². The average molecular weight is 457 g/mol. The van der Waals surface area contributed by atoms with E-state index in [-0.39, 0.29) is 43.5 Å². The van der Waals surface area contributed by atoms with Gasteiger partial charge >= 0.3 is 0 Å². The maximum absolute atomic E-state index is 14.9. The van der Waals surface area contributed by atoms with Crippen molar-refractivity contribution in [1.82, 2.24) is 9.80 Å². The zero-order valence-corrected chi connectivity index (χ0v) is 19.3. The Morgan fingerprint density at radius 3 is 2.42 bits per heavy atom. The van der Waals surface area contributed by atoms with Crippen LogP contribution in [-0.2, 0) is 24.5 Å². The number of halogens is 1. The van der Waals surface area contributed by atoms with Gasteiger partial charge in [0.15, 0.2) is 0 Å². The van der Waals surface area contributed by atoms with E-state index in [0.29, 0.717) is 5.75 Å². The second kappa shape index (κ2) is 10.1. The molecule has 3 amide bonds. The molecule has 0 aromatic heterocycles.